The summed E-state index contributed by atoms with van der Waals surface area (Å²) in [5.74, 6) is -2.74. The second-order valence-corrected chi connectivity index (χ2v) is 26.6. The second kappa shape index (κ2) is 41.3. The molecule has 0 aliphatic heterocycles. The minimum absolute atomic E-state index is 0.0308. The van der Waals surface area contributed by atoms with E-state index in [1.807, 2.05) is 130 Å². The molecule has 0 spiro atoms. The van der Waals surface area contributed by atoms with E-state index in [0.717, 1.165) is 30.6 Å². The van der Waals surface area contributed by atoms with Crippen LogP contribution < -0.4 is 31.6 Å². The molecular weight excluding hydrogens is 1320 g/mol. The number of nitrogens with one attached hydrogen (secondary N) is 5. The number of H-pyrrole nitrogens is 1. The number of benzene rings is 6. The molecule has 0 radical (unpaired) electrons. The molecule has 554 valence electrons. The van der Waals surface area contributed by atoms with Crippen LogP contribution in [0.2, 0.25) is 0 Å². The summed E-state index contributed by atoms with van der Waals surface area (Å²) in [7, 11) is 0. The average Bonchev–Trinajstić information content (AvgIpc) is 0.766. The lowest BCUT2D eigenvalue weighted by Gasteiger charge is -2.21. The lowest BCUT2D eigenvalue weighted by atomic mass is 9.84. The fourth-order valence-electron chi connectivity index (χ4n) is 8.73. The average molecular weight is 1420 g/mol. The zero-order chi connectivity index (χ0) is 77.4. The SMILES string of the molecule is CCC(C)(C)C(=O)Nc1cccc(C(=O)Nc2ccc3c(c2)C(=O)c2ccccc2C3=O)c1.CCC(C)(C)C(=O)Nc1cccc2nc(C)[nH]c(=O)c12.CCC(C)(CC(=O)O)C(=O)O.CCC(C)(CO)C(=O)O.CCC(C)C(=O)NCc1ccccc1.CCC(C)C(=O)OCCOc1ccccc1. The largest absolute Gasteiger partial charge is 0.490 e. The van der Waals surface area contributed by atoms with Gasteiger partial charge in [0, 0.05) is 62.5 Å². The Morgan fingerprint density at radius 3 is 1.56 bits per heavy atom. The molecule has 0 saturated heterocycles. The first-order valence-corrected chi connectivity index (χ1v) is 34.3. The minimum Gasteiger partial charge on any atom is -0.490 e. The number of nitrogens with zero attached hydrogens (tertiary/aromatic N) is 1. The highest BCUT2D eigenvalue weighted by molar-refractivity contribution is 6.28. The number of anilines is 3. The van der Waals surface area contributed by atoms with Gasteiger partial charge in [0.25, 0.3) is 11.5 Å². The van der Waals surface area contributed by atoms with Gasteiger partial charge in [-0.3, -0.25) is 52.7 Å². The number of aryl methyl sites for hydroxylation is 1. The monoisotopic (exact) mass is 1420 g/mol. The predicted octanol–water partition coefficient (Wildman–Crippen LogP) is 14.1. The molecule has 6 aromatic carbocycles. The highest BCUT2D eigenvalue weighted by Crippen LogP contribution is 2.31. The zero-order valence-corrected chi connectivity index (χ0v) is 61.8. The van der Waals surface area contributed by atoms with Gasteiger partial charge in [-0.1, -0.05) is 168 Å². The van der Waals surface area contributed by atoms with Crippen LogP contribution in [-0.2, 0) is 44.8 Å². The third-order valence-electron chi connectivity index (χ3n) is 17.9. The second-order valence-electron chi connectivity index (χ2n) is 26.6. The van der Waals surface area contributed by atoms with Gasteiger partial charge in [-0.25, -0.2) is 4.98 Å². The molecule has 103 heavy (non-hydrogen) atoms. The number of carboxylic acid groups (broad SMARTS) is 3. The maximum atomic E-state index is 12.9. The molecule has 23 heteroatoms. The summed E-state index contributed by atoms with van der Waals surface area (Å²) in [4.78, 5) is 136. The van der Waals surface area contributed by atoms with Crippen LogP contribution in [0.3, 0.4) is 0 Å². The number of hydrogen-bond donors (Lipinski definition) is 9. The number of aliphatic carboxylic acids is 3. The minimum atomic E-state index is -1.12. The number of fused-ring (bicyclic) bond motifs is 3. The molecule has 1 aliphatic rings. The Morgan fingerprint density at radius 1 is 0.544 bits per heavy atom. The van der Waals surface area contributed by atoms with Crippen LogP contribution >= 0.6 is 0 Å². The van der Waals surface area contributed by atoms with E-state index in [9.17, 15) is 52.7 Å². The molecule has 4 unspecified atom stereocenters. The highest BCUT2D eigenvalue weighted by Gasteiger charge is 2.34. The molecule has 23 nitrogen and oxygen atoms in total. The van der Waals surface area contributed by atoms with Gasteiger partial charge in [0.2, 0.25) is 17.7 Å². The number of aliphatic hydroxyl groups is 1. The van der Waals surface area contributed by atoms with E-state index >= 15 is 0 Å². The van der Waals surface area contributed by atoms with Crippen LogP contribution in [0.5, 0.6) is 5.75 Å². The lowest BCUT2D eigenvalue weighted by Crippen LogP contribution is -2.30. The molecule has 1 aromatic heterocycles. The van der Waals surface area contributed by atoms with E-state index < -0.39 is 45.5 Å². The number of carboxylic acids is 3. The standard InChI is InChI=1S/C27H24N2O4.C15H19N3O2.C13H18O3.C12H17NO.C7H12O4.C6H12O3/c1-4-27(2,3)26(33)29-17-9-7-8-16(14-17)25(32)28-18-12-13-21-22(15-18)24(31)20-11-6-5-10-19(20)23(21)30;1-5-15(3,4)14(20)18-11-8-6-7-10-12(11)13(19)17-9(2)16-10;1-3-11(2)13(14)16-10-9-15-12-7-5-4-6-8-12;1-3-10(2)12(14)13-9-11-7-5-4-6-8-11;1-3-7(2,6(10)11)4-5(8)9;1-3-6(2,4-7)5(8)9/h5-15H,4H2,1-3H3,(H,28,32)(H,29,33);6-8H,5H2,1-4H3,(H,18,20)(H,16,17,19);4-8,11H,3,9-10H2,1-2H3;4-8,10H,3,9H2,1-2H3,(H,13,14);3-4H2,1-2H3,(H,8,9)(H,10,11);7H,3-4H2,1-2H3,(H,8,9). The van der Waals surface area contributed by atoms with E-state index in [4.69, 9.17) is 29.9 Å². The van der Waals surface area contributed by atoms with Crippen molar-refractivity contribution < 1.29 is 77.8 Å². The Hall–Kier alpha value is -10.7. The quantitative estimate of drug-likeness (QED) is 0.0190. The number of ether oxygens (including phenoxy) is 2. The number of hydrogen-bond acceptors (Lipinski definition) is 15. The van der Waals surface area contributed by atoms with E-state index in [2.05, 4.69) is 31.2 Å². The molecule has 7 aromatic rings. The molecule has 1 heterocycles. The van der Waals surface area contributed by atoms with Crippen LogP contribution in [0.25, 0.3) is 10.9 Å². The molecule has 0 saturated carbocycles. The fourth-order valence-corrected chi connectivity index (χ4v) is 8.73. The molecule has 1 aliphatic carbocycles. The number of para-hydroxylation sites is 1. The van der Waals surface area contributed by atoms with Crippen molar-refractivity contribution in [3.8, 4) is 5.75 Å². The van der Waals surface area contributed by atoms with Gasteiger partial charge in [0.15, 0.2) is 11.6 Å². The van der Waals surface area contributed by atoms with Gasteiger partial charge in [0.1, 0.15) is 24.8 Å². The molecule has 4 amide bonds. The molecule has 8 rings (SSSR count). The Kier molecular flexibility index (Phi) is 34.7. The van der Waals surface area contributed by atoms with Crippen molar-refractivity contribution in [2.75, 3.05) is 35.8 Å². The normalized spacial score (nSPS) is 12.9. The van der Waals surface area contributed by atoms with Crippen molar-refractivity contribution in [2.24, 2.45) is 33.5 Å². The van der Waals surface area contributed by atoms with Gasteiger partial charge in [0.05, 0.1) is 46.4 Å². The van der Waals surface area contributed by atoms with Gasteiger partial charge in [-0.15, -0.1) is 0 Å². The maximum absolute atomic E-state index is 12.9. The highest BCUT2D eigenvalue weighted by atomic mass is 16.6. The first-order chi connectivity index (χ1) is 48.5. The van der Waals surface area contributed by atoms with Crippen molar-refractivity contribution in [3.63, 3.8) is 0 Å². The van der Waals surface area contributed by atoms with Crippen molar-refractivity contribution in [1.82, 2.24) is 15.3 Å². The third kappa shape index (κ3) is 26.7. The Balaban J connectivity index is 0.000000342. The number of aliphatic hydroxyl groups excluding tert-OH is 1. The maximum Gasteiger partial charge on any atom is 0.311 e. The number of carbonyl (C=O) groups is 10. The van der Waals surface area contributed by atoms with E-state index in [-0.39, 0.29) is 71.2 Å². The molecule has 0 bridgehead atoms. The van der Waals surface area contributed by atoms with Crippen molar-refractivity contribution in [2.45, 2.75) is 155 Å². The summed E-state index contributed by atoms with van der Waals surface area (Å²) in [5, 5.41) is 45.8. The van der Waals surface area contributed by atoms with Crippen LogP contribution in [-0.4, -0.2) is 109 Å². The Bertz CT molecular complexity index is 4090. The topological polar surface area (TPSA) is 364 Å². The molecule has 4 atom stereocenters. The summed E-state index contributed by atoms with van der Waals surface area (Å²) < 4.78 is 10.4. The zero-order valence-electron chi connectivity index (χ0n) is 61.8. The number of aromatic nitrogens is 2. The number of aromatic amines is 1. The van der Waals surface area contributed by atoms with Crippen LogP contribution in [0.15, 0.2) is 150 Å². The third-order valence-corrected chi connectivity index (χ3v) is 17.9. The fraction of sp³-hybridized carbons (Fsp3) is 0.400. The molecular formula is C80H102N6O17. The van der Waals surface area contributed by atoms with E-state index in [0.29, 0.717) is 95.1 Å². The molecule has 0 fully saturated rings. The van der Waals surface area contributed by atoms with Crippen LogP contribution in [0.4, 0.5) is 17.1 Å². The number of carbonyl (C=O) groups excluding carboxylic acids is 7. The van der Waals surface area contributed by atoms with E-state index in [1.165, 1.54) is 19.9 Å². The Labute approximate surface area is 603 Å². The summed E-state index contributed by atoms with van der Waals surface area (Å²) in [6.45, 7) is 28.3. The summed E-state index contributed by atoms with van der Waals surface area (Å²) in [6.07, 6.45) is 3.56. The van der Waals surface area contributed by atoms with Crippen LogP contribution in [0.1, 0.15) is 195 Å². The van der Waals surface area contributed by atoms with Crippen molar-refractivity contribution in [1.29, 1.82) is 0 Å². The van der Waals surface area contributed by atoms with Crippen molar-refractivity contribution >= 4 is 87.0 Å². The first-order valence-electron chi connectivity index (χ1n) is 34.3. The molecule has 9 N–H and O–H groups in total. The van der Waals surface area contributed by atoms with Gasteiger partial charge in [-0.05, 0) is 126 Å². The van der Waals surface area contributed by atoms with Gasteiger partial charge >= 0.3 is 23.9 Å². The summed E-state index contributed by atoms with van der Waals surface area (Å²) >= 11 is 0. The Morgan fingerprint density at radius 2 is 1.06 bits per heavy atom. The van der Waals surface area contributed by atoms with Gasteiger partial charge < -0.3 is 56.2 Å². The lowest BCUT2D eigenvalue weighted by molar-refractivity contribution is -0.154. The van der Waals surface area contributed by atoms with E-state index in [1.54, 1.807) is 99.6 Å². The predicted molar refractivity (Wildman–Crippen MR) is 398 cm³/mol. The number of esters is 1. The first kappa shape index (κ1) is 86.5. The number of ketones is 2. The van der Waals surface area contributed by atoms with Gasteiger partial charge in [-0.2, -0.15) is 0 Å². The number of amides is 4. The smallest absolute Gasteiger partial charge is 0.311 e. The number of rotatable bonds is 25. The summed E-state index contributed by atoms with van der Waals surface area (Å²) in [6, 6.07) is 42.7. The van der Waals surface area contributed by atoms with Crippen LogP contribution in [0, 0.1) is 40.4 Å². The van der Waals surface area contributed by atoms with Crippen molar-refractivity contribution in [3.05, 3.63) is 195 Å². The summed E-state index contributed by atoms with van der Waals surface area (Å²) in [5.41, 5.74) is 1.53.